The lowest BCUT2D eigenvalue weighted by molar-refractivity contribution is 0.595. The predicted molar refractivity (Wildman–Crippen MR) is 63.2 cm³/mol. The highest BCUT2D eigenvalue weighted by atomic mass is 35.5. The second-order valence-electron chi connectivity index (χ2n) is 4.61. The Labute approximate surface area is 94.3 Å². The van der Waals surface area contributed by atoms with Gasteiger partial charge in [-0.3, -0.25) is 0 Å². The van der Waals surface area contributed by atoms with E-state index in [2.05, 4.69) is 30.7 Å². The molecule has 0 atom stereocenters. The highest BCUT2D eigenvalue weighted by Gasteiger charge is 2.17. The lowest BCUT2D eigenvalue weighted by Gasteiger charge is -2.20. The van der Waals surface area contributed by atoms with Crippen molar-refractivity contribution in [1.82, 2.24) is 9.97 Å². The molecule has 0 N–H and O–H groups in total. The molecule has 0 fully saturated rings. The number of nitrogens with zero attached hydrogens (tertiary/aromatic N) is 2. The zero-order valence-electron chi connectivity index (χ0n) is 9.08. The third-order valence-electron chi connectivity index (χ3n) is 2.38. The fourth-order valence-corrected chi connectivity index (χ4v) is 1.80. The molecule has 0 saturated carbocycles. The van der Waals surface area contributed by atoms with Gasteiger partial charge in [-0.05, 0) is 29.2 Å². The summed E-state index contributed by atoms with van der Waals surface area (Å²) in [6.45, 7) is 6.53. The Morgan fingerprint density at radius 1 is 1.13 bits per heavy atom. The topological polar surface area (TPSA) is 25.8 Å². The first-order valence-electron chi connectivity index (χ1n) is 4.90. The summed E-state index contributed by atoms with van der Waals surface area (Å²) in [4.78, 5) is 8.42. The van der Waals surface area contributed by atoms with Crippen LogP contribution in [-0.2, 0) is 5.41 Å². The van der Waals surface area contributed by atoms with Gasteiger partial charge in [-0.15, -0.1) is 0 Å². The molecule has 78 valence electrons. The molecule has 2 aromatic rings. The van der Waals surface area contributed by atoms with Crippen molar-refractivity contribution in [2.75, 3.05) is 0 Å². The average Bonchev–Trinajstić information content (AvgIpc) is 2.15. The molecule has 0 bridgehead atoms. The second kappa shape index (κ2) is 3.46. The van der Waals surface area contributed by atoms with Crippen molar-refractivity contribution in [3.8, 4) is 0 Å². The van der Waals surface area contributed by atoms with Crippen LogP contribution in [0.2, 0.25) is 5.15 Å². The minimum atomic E-state index is 0.0939. The Bertz CT molecular complexity index is 500. The van der Waals surface area contributed by atoms with E-state index in [9.17, 15) is 0 Å². The number of hydrogen-bond donors (Lipinski definition) is 0. The molecule has 2 rings (SSSR count). The third kappa shape index (κ3) is 1.95. The van der Waals surface area contributed by atoms with Crippen LogP contribution in [0.4, 0.5) is 0 Å². The Hall–Kier alpha value is -1.15. The van der Waals surface area contributed by atoms with Crippen LogP contribution in [0.5, 0.6) is 0 Å². The Kier molecular flexibility index (Phi) is 2.39. The fraction of sp³-hybridized carbons (Fsp3) is 0.333. The number of pyridine rings is 2. The van der Waals surface area contributed by atoms with Crippen LogP contribution >= 0.6 is 11.6 Å². The van der Waals surface area contributed by atoms with Gasteiger partial charge in [-0.2, -0.15) is 0 Å². The highest BCUT2D eigenvalue weighted by molar-refractivity contribution is 6.29. The van der Waals surface area contributed by atoms with E-state index in [0.29, 0.717) is 5.15 Å². The molecule has 2 aromatic heterocycles. The quantitative estimate of drug-likeness (QED) is 0.635. The van der Waals surface area contributed by atoms with Crippen molar-refractivity contribution >= 4 is 22.6 Å². The van der Waals surface area contributed by atoms with Gasteiger partial charge < -0.3 is 0 Å². The maximum absolute atomic E-state index is 5.83. The van der Waals surface area contributed by atoms with Gasteiger partial charge in [0.05, 0.1) is 0 Å². The van der Waals surface area contributed by atoms with Crippen molar-refractivity contribution in [3.63, 3.8) is 0 Å². The van der Waals surface area contributed by atoms with Crippen molar-refractivity contribution in [1.29, 1.82) is 0 Å². The predicted octanol–water partition coefficient (Wildman–Crippen LogP) is 3.58. The summed E-state index contributed by atoms with van der Waals surface area (Å²) in [5, 5.41) is 1.57. The third-order valence-corrected chi connectivity index (χ3v) is 2.59. The Morgan fingerprint density at radius 2 is 1.87 bits per heavy atom. The highest BCUT2D eigenvalue weighted by Crippen LogP contribution is 2.28. The monoisotopic (exact) mass is 220 g/mol. The average molecular weight is 221 g/mol. The van der Waals surface area contributed by atoms with Crippen LogP contribution in [0.1, 0.15) is 26.3 Å². The smallest absolute Gasteiger partial charge is 0.161 e. The molecular formula is C12H13ClN2. The summed E-state index contributed by atoms with van der Waals surface area (Å²) in [6.07, 6.45) is 1.78. The molecular weight excluding hydrogens is 208 g/mol. The van der Waals surface area contributed by atoms with Crippen LogP contribution in [0.25, 0.3) is 11.0 Å². The van der Waals surface area contributed by atoms with Crippen molar-refractivity contribution in [2.24, 2.45) is 0 Å². The molecule has 15 heavy (non-hydrogen) atoms. The first kappa shape index (κ1) is 10.4. The van der Waals surface area contributed by atoms with Gasteiger partial charge in [-0.1, -0.05) is 32.4 Å². The van der Waals surface area contributed by atoms with Gasteiger partial charge in [0, 0.05) is 11.6 Å². The number of aromatic nitrogens is 2. The summed E-state index contributed by atoms with van der Waals surface area (Å²) < 4.78 is 0. The molecule has 0 saturated heterocycles. The van der Waals surface area contributed by atoms with Crippen LogP contribution in [0.3, 0.4) is 0 Å². The van der Waals surface area contributed by atoms with Gasteiger partial charge in [0.1, 0.15) is 5.15 Å². The molecule has 2 heterocycles. The van der Waals surface area contributed by atoms with Gasteiger partial charge in [-0.25, -0.2) is 9.97 Å². The van der Waals surface area contributed by atoms with E-state index in [1.807, 2.05) is 12.1 Å². The lowest BCUT2D eigenvalue weighted by Crippen LogP contribution is -2.12. The minimum Gasteiger partial charge on any atom is -0.237 e. The molecule has 0 aromatic carbocycles. The SMILES string of the molecule is CC(C)(C)c1ccnc2nc(Cl)ccc12. The molecule has 0 aliphatic carbocycles. The molecule has 0 amide bonds. The van der Waals surface area contributed by atoms with Crippen molar-refractivity contribution < 1.29 is 0 Å². The minimum absolute atomic E-state index is 0.0939. The van der Waals surface area contributed by atoms with Gasteiger partial charge in [0.15, 0.2) is 5.65 Å². The van der Waals surface area contributed by atoms with E-state index < -0.39 is 0 Å². The van der Waals surface area contributed by atoms with E-state index in [1.165, 1.54) is 5.56 Å². The molecule has 0 aliphatic rings. The molecule has 0 radical (unpaired) electrons. The van der Waals surface area contributed by atoms with Crippen molar-refractivity contribution in [3.05, 3.63) is 35.1 Å². The van der Waals surface area contributed by atoms with Crippen LogP contribution in [-0.4, -0.2) is 9.97 Å². The molecule has 0 aliphatic heterocycles. The van der Waals surface area contributed by atoms with Gasteiger partial charge in [0.25, 0.3) is 0 Å². The van der Waals surface area contributed by atoms with E-state index in [-0.39, 0.29) is 5.41 Å². The first-order valence-corrected chi connectivity index (χ1v) is 5.28. The van der Waals surface area contributed by atoms with Crippen LogP contribution in [0, 0.1) is 0 Å². The van der Waals surface area contributed by atoms with Crippen molar-refractivity contribution in [2.45, 2.75) is 26.2 Å². The van der Waals surface area contributed by atoms with E-state index in [4.69, 9.17) is 11.6 Å². The van der Waals surface area contributed by atoms with Gasteiger partial charge >= 0.3 is 0 Å². The number of halogens is 1. The molecule has 0 spiro atoms. The lowest BCUT2D eigenvalue weighted by atomic mass is 9.85. The van der Waals surface area contributed by atoms with E-state index in [1.54, 1.807) is 12.3 Å². The zero-order chi connectivity index (χ0) is 11.1. The molecule has 2 nitrogen and oxygen atoms in total. The Balaban J connectivity index is 2.77. The maximum Gasteiger partial charge on any atom is 0.161 e. The zero-order valence-corrected chi connectivity index (χ0v) is 9.84. The summed E-state index contributed by atoms with van der Waals surface area (Å²) in [5.74, 6) is 0. The maximum atomic E-state index is 5.83. The summed E-state index contributed by atoms with van der Waals surface area (Å²) in [6, 6.07) is 5.83. The van der Waals surface area contributed by atoms with Crippen LogP contribution < -0.4 is 0 Å². The summed E-state index contributed by atoms with van der Waals surface area (Å²) >= 11 is 5.83. The second-order valence-corrected chi connectivity index (χ2v) is 5.00. The number of rotatable bonds is 0. The van der Waals surface area contributed by atoms with E-state index in [0.717, 1.165) is 11.0 Å². The summed E-state index contributed by atoms with van der Waals surface area (Å²) in [5.41, 5.74) is 2.06. The fourth-order valence-electron chi connectivity index (χ4n) is 1.66. The molecule has 3 heteroatoms. The normalized spacial score (nSPS) is 12.0. The van der Waals surface area contributed by atoms with Gasteiger partial charge in [0.2, 0.25) is 0 Å². The van der Waals surface area contributed by atoms with E-state index >= 15 is 0 Å². The van der Waals surface area contributed by atoms with Crippen LogP contribution in [0.15, 0.2) is 24.4 Å². The molecule has 0 unspecified atom stereocenters. The number of fused-ring (bicyclic) bond motifs is 1. The standard InChI is InChI=1S/C12H13ClN2/c1-12(2,3)9-6-7-14-11-8(9)4-5-10(13)15-11/h4-7H,1-3H3. The largest absolute Gasteiger partial charge is 0.237 e. The summed E-state index contributed by atoms with van der Waals surface area (Å²) in [7, 11) is 0. The first-order chi connectivity index (χ1) is 6.98. The number of hydrogen-bond acceptors (Lipinski definition) is 2. The Morgan fingerprint density at radius 3 is 2.53 bits per heavy atom.